The summed E-state index contributed by atoms with van der Waals surface area (Å²) in [6, 6.07) is 5.71. The lowest BCUT2D eigenvalue weighted by Crippen LogP contribution is -2.29. The number of rotatable bonds is 1. The molecule has 2 heterocycles. The van der Waals surface area contributed by atoms with E-state index in [4.69, 9.17) is 4.11 Å². The lowest BCUT2D eigenvalue weighted by molar-refractivity contribution is 0.351. The second-order valence-corrected chi connectivity index (χ2v) is 4.34. The predicted molar refractivity (Wildman–Crippen MR) is 65.6 cm³/mol. The van der Waals surface area contributed by atoms with E-state index in [9.17, 15) is 0 Å². The van der Waals surface area contributed by atoms with Gasteiger partial charge in [-0.3, -0.25) is 4.68 Å². The summed E-state index contributed by atoms with van der Waals surface area (Å²) in [5.41, 5.74) is 1.41. The minimum absolute atomic E-state index is 0.380. The summed E-state index contributed by atoms with van der Waals surface area (Å²) < 4.78 is 24.4. The number of hydrogen-bond acceptors (Lipinski definition) is 2. The molecule has 0 unspecified atom stereocenters. The Morgan fingerprint density at radius 2 is 2.31 bits per heavy atom. The molecule has 3 nitrogen and oxygen atoms in total. The van der Waals surface area contributed by atoms with Gasteiger partial charge in [0.1, 0.15) is 0 Å². The molecule has 0 amide bonds. The first kappa shape index (κ1) is 7.07. The van der Waals surface area contributed by atoms with Crippen molar-refractivity contribution in [2.24, 2.45) is 0 Å². The summed E-state index contributed by atoms with van der Waals surface area (Å²) >= 11 is 0. The van der Waals surface area contributed by atoms with Crippen molar-refractivity contribution >= 4 is 10.9 Å². The Morgan fingerprint density at radius 3 is 3.12 bits per heavy atom. The van der Waals surface area contributed by atoms with Gasteiger partial charge in [0.15, 0.2) is 0 Å². The van der Waals surface area contributed by atoms with Gasteiger partial charge in [-0.05, 0) is 44.9 Å². The fourth-order valence-corrected chi connectivity index (χ4v) is 2.40. The highest BCUT2D eigenvalue weighted by Gasteiger charge is 2.17. The molecule has 0 spiro atoms. The Labute approximate surface area is 99.7 Å². The largest absolute Gasteiger partial charge is 0.317 e. The second kappa shape index (κ2) is 3.91. The Kier molecular flexibility index (Phi) is 1.73. The van der Waals surface area contributed by atoms with E-state index in [1.165, 1.54) is 0 Å². The van der Waals surface area contributed by atoms with Crippen molar-refractivity contribution in [3.05, 3.63) is 30.0 Å². The van der Waals surface area contributed by atoms with Crippen molar-refractivity contribution in [2.75, 3.05) is 13.1 Å². The molecule has 0 aliphatic carbocycles. The van der Waals surface area contributed by atoms with Crippen LogP contribution in [0.1, 0.15) is 28.6 Å². The molecule has 1 fully saturated rings. The van der Waals surface area contributed by atoms with Crippen molar-refractivity contribution in [3.63, 3.8) is 0 Å². The van der Waals surface area contributed by atoms with E-state index in [2.05, 4.69) is 10.4 Å². The highest BCUT2D eigenvalue weighted by Crippen LogP contribution is 2.24. The van der Waals surface area contributed by atoms with E-state index in [-0.39, 0.29) is 0 Å². The quantitative estimate of drug-likeness (QED) is 0.795. The maximum absolute atomic E-state index is 7.45. The summed E-state index contributed by atoms with van der Waals surface area (Å²) in [5, 5.41) is 8.70. The molecule has 0 radical (unpaired) electrons. The topological polar surface area (TPSA) is 29.9 Å². The first-order chi connectivity index (χ1) is 9.05. The first-order valence-electron chi connectivity index (χ1n) is 7.24. The molecule has 2 aromatic rings. The zero-order valence-corrected chi connectivity index (χ0v) is 9.11. The number of hydrogen-bond donors (Lipinski definition) is 1. The first-order valence-corrected chi connectivity index (χ1v) is 5.74. The Morgan fingerprint density at radius 1 is 1.44 bits per heavy atom. The van der Waals surface area contributed by atoms with Gasteiger partial charge >= 0.3 is 0 Å². The molecule has 1 N–H and O–H groups in total. The Bertz CT molecular complexity index is 582. The van der Waals surface area contributed by atoms with Crippen LogP contribution in [0.2, 0.25) is 0 Å². The van der Waals surface area contributed by atoms with Crippen molar-refractivity contribution in [3.8, 4) is 0 Å². The maximum atomic E-state index is 7.45. The SMILES string of the molecule is [2H]C([2H])([2H])c1ccc2c(cnn2C2CCNCC2)c1. The summed E-state index contributed by atoms with van der Waals surface area (Å²) in [4.78, 5) is 0. The lowest BCUT2D eigenvalue weighted by Gasteiger charge is -2.23. The van der Waals surface area contributed by atoms with Crippen LogP contribution >= 0.6 is 0 Å². The average Bonchev–Trinajstić information content (AvgIpc) is 2.81. The van der Waals surface area contributed by atoms with E-state index >= 15 is 0 Å². The van der Waals surface area contributed by atoms with Crippen molar-refractivity contribution in [2.45, 2.75) is 25.7 Å². The standard InChI is InChI=1S/C13H17N3/c1-10-2-3-13-11(8-10)9-15-16(13)12-4-6-14-7-5-12/h2-3,8-9,12,14H,4-7H2,1H3/i1D3. The van der Waals surface area contributed by atoms with E-state index in [0.29, 0.717) is 11.6 Å². The van der Waals surface area contributed by atoms with E-state index < -0.39 is 6.85 Å². The zero-order chi connectivity index (χ0) is 13.5. The van der Waals surface area contributed by atoms with Gasteiger partial charge in [-0.25, -0.2) is 0 Å². The van der Waals surface area contributed by atoms with Gasteiger partial charge in [-0.2, -0.15) is 5.10 Å². The van der Waals surface area contributed by atoms with Crippen molar-refractivity contribution in [1.82, 2.24) is 15.1 Å². The van der Waals surface area contributed by atoms with Gasteiger partial charge in [-0.15, -0.1) is 0 Å². The molecule has 1 aromatic heterocycles. The van der Waals surface area contributed by atoms with Crippen LogP contribution in [-0.2, 0) is 0 Å². The van der Waals surface area contributed by atoms with Gasteiger partial charge in [0.2, 0.25) is 0 Å². The van der Waals surface area contributed by atoms with Crippen LogP contribution in [-0.4, -0.2) is 22.9 Å². The van der Waals surface area contributed by atoms with Crippen LogP contribution < -0.4 is 5.32 Å². The minimum Gasteiger partial charge on any atom is -0.317 e. The molecule has 3 rings (SSSR count). The Hall–Kier alpha value is -1.35. The number of aromatic nitrogens is 2. The van der Waals surface area contributed by atoms with Crippen LogP contribution in [0.25, 0.3) is 10.9 Å². The van der Waals surface area contributed by atoms with Crippen molar-refractivity contribution < 1.29 is 4.11 Å². The molecule has 0 bridgehead atoms. The predicted octanol–water partition coefficient (Wildman–Crippen LogP) is 2.27. The van der Waals surface area contributed by atoms with E-state index in [0.717, 1.165) is 36.8 Å². The molecule has 1 saturated heterocycles. The maximum Gasteiger partial charge on any atom is 0.0685 e. The summed E-state index contributed by atoms with van der Waals surface area (Å²) in [5.74, 6) is 0. The Balaban J connectivity index is 2.00. The third-order valence-electron chi connectivity index (χ3n) is 3.25. The molecule has 0 atom stereocenters. The molecular weight excluding hydrogens is 198 g/mol. The fraction of sp³-hybridized carbons (Fsp3) is 0.462. The van der Waals surface area contributed by atoms with Crippen LogP contribution in [0.4, 0.5) is 0 Å². The number of fused-ring (bicyclic) bond motifs is 1. The number of nitrogens with one attached hydrogen (secondary N) is 1. The normalized spacial score (nSPS) is 21.6. The van der Waals surface area contributed by atoms with Crippen LogP contribution in [0.5, 0.6) is 0 Å². The number of nitrogens with zero attached hydrogens (tertiary/aromatic N) is 2. The van der Waals surface area contributed by atoms with Crippen molar-refractivity contribution in [1.29, 1.82) is 0 Å². The monoisotopic (exact) mass is 218 g/mol. The average molecular weight is 218 g/mol. The van der Waals surface area contributed by atoms with Gasteiger partial charge in [0.05, 0.1) is 17.8 Å². The highest BCUT2D eigenvalue weighted by atomic mass is 15.3. The van der Waals surface area contributed by atoms with E-state index in [1.807, 2.05) is 10.7 Å². The molecule has 84 valence electrons. The van der Waals surface area contributed by atoms with Crippen LogP contribution in [0.15, 0.2) is 24.4 Å². The molecule has 3 heteroatoms. The lowest BCUT2D eigenvalue weighted by atomic mass is 10.1. The molecule has 1 aliphatic rings. The highest BCUT2D eigenvalue weighted by molar-refractivity contribution is 5.79. The van der Waals surface area contributed by atoms with Gasteiger partial charge in [-0.1, -0.05) is 11.6 Å². The molecule has 16 heavy (non-hydrogen) atoms. The van der Waals surface area contributed by atoms with Crippen LogP contribution in [0, 0.1) is 6.85 Å². The van der Waals surface area contributed by atoms with Gasteiger partial charge < -0.3 is 5.32 Å². The molecule has 1 aromatic carbocycles. The smallest absolute Gasteiger partial charge is 0.0685 e. The molecular formula is C13H17N3. The number of benzene rings is 1. The van der Waals surface area contributed by atoms with Gasteiger partial charge in [0.25, 0.3) is 0 Å². The summed E-state index contributed by atoms with van der Waals surface area (Å²) in [6.07, 6.45) is 3.90. The molecule has 0 saturated carbocycles. The third kappa shape index (κ3) is 1.61. The number of piperidine rings is 1. The minimum atomic E-state index is -2.05. The van der Waals surface area contributed by atoms with E-state index in [1.54, 1.807) is 18.3 Å². The second-order valence-electron chi connectivity index (χ2n) is 4.34. The fourth-order valence-electron chi connectivity index (χ4n) is 2.40. The van der Waals surface area contributed by atoms with Gasteiger partial charge in [0, 0.05) is 9.50 Å². The summed E-state index contributed by atoms with van der Waals surface area (Å²) in [6.45, 7) is -0.0240. The van der Waals surface area contributed by atoms with Crippen LogP contribution in [0.3, 0.4) is 0 Å². The third-order valence-corrected chi connectivity index (χ3v) is 3.25. The zero-order valence-electron chi connectivity index (χ0n) is 12.1. The number of aryl methyl sites for hydroxylation is 1. The molecule has 1 aliphatic heterocycles. The summed E-state index contributed by atoms with van der Waals surface area (Å²) in [7, 11) is 0.